The Morgan fingerprint density at radius 2 is 2.22 bits per heavy atom. The summed E-state index contributed by atoms with van der Waals surface area (Å²) in [5.74, 6) is 0.705. The minimum Gasteiger partial charge on any atom is -0.399 e. The van der Waals surface area contributed by atoms with Gasteiger partial charge in [0.1, 0.15) is 0 Å². The van der Waals surface area contributed by atoms with Gasteiger partial charge in [0, 0.05) is 24.0 Å². The van der Waals surface area contributed by atoms with Crippen molar-refractivity contribution in [3.63, 3.8) is 0 Å². The van der Waals surface area contributed by atoms with E-state index in [1.165, 1.54) is 0 Å². The molecule has 3 N–H and O–H groups in total. The van der Waals surface area contributed by atoms with Gasteiger partial charge < -0.3 is 16.0 Å². The fourth-order valence-electron chi connectivity index (χ4n) is 2.52. The number of piperidine rings is 1. The monoisotopic (exact) mass is 247 g/mol. The summed E-state index contributed by atoms with van der Waals surface area (Å²) < 4.78 is 0. The van der Waals surface area contributed by atoms with Crippen molar-refractivity contribution in [1.82, 2.24) is 4.90 Å². The van der Waals surface area contributed by atoms with Crippen molar-refractivity contribution in [3.05, 3.63) is 24.3 Å². The zero-order valence-electron chi connectivity index (χ0n) is 11.0. The molecule has 1 aliphatic rings. The fourth-order valence-corrected chi connectivity index (χ4v) is 2.52. The van der Waals surface area contributed by atoms with E-state index in [-0.39, 0.29) is 6.03 Å². The average Bonchev–Trinajstić information content (AvgIpc) is 2.28. The van der Waals surface area contributed by atoms with Crippen molar-refractivity contribution in [2.75, 3.05) is 17.6 Å². The Morgan fingerprint density at radius 3 is 2.89 bits per heavy atom. The summed E-state index contributed by atoms with van der Waals surface area (Å²) >= 11 is 0. The lowest BCUT2D eigenvalue weighted by molar-refractivity contribution is 0.150. The maximum Gasteiger partial charge on any atom is 0.322 e. The third-order valence-electron chi connectivity index (χ3n) is 3.54. The number of amides is 2. The Bertz CT molecular complexity index is 433. The molecule has 4 nitrogen and oxygen atoms in total. The van der Waals surface area contributed by atoms with Crippen LogP contribution in [0.25, 0.3) is 0 Å². The second-order valence-corrected chi connectivity index (χ2v) is 5.23. The molecule has 98 valence electrons. The van der Waals surface area contributed by atoms with E-state index in [2.05, 4.69) is 19.2 Å². The molecule has 2 amide bonds. The predicted octanol–water partition coefficient (Wildman–Crippen LogP) is 2.92. The molecular weight excluding hydrogens is 226 g/mol. The highest BCUT2D eigenvalue weighted by molar-refractivity contribution is 5.90. The highest BCUT2D eigenvalue weighted by Crippen LogP contribution is 2.23. The van der Waals surface area contributed by atoms with Crippen LogP contribution in [0.4, 0.5) is 16.2 Å². The largest absolute Gasteiger partial charge is 0.399 e. The van der Waals surface area contributed by atoms with Gasteiger partial charge in [-0.3, -0.25) is 0 Å². The molecule has 1 heterocycles. The zero-order chi connectivity index (χ0) is 13.1. The number of hydrogen-bond donors (Lipinski definition) is 2. The molecule has 18 heavy (non-hydrogen) atoms. The van der Waals surface area contributed by atoms with Crippen molar-refractivity contribution < 1.29 is 4.79 Å². The van der Waals surface area contributed by atoms with Crippen LogP contribution in [0.3, 0.4) is 0 Å². The summed E-state index contributed by atoms with van der Waals surface area (Å²) in [7, 11) is 0. The Morgan fingerprint density at radius 1 is 1.44 bits per heavy atom. The molecule has 0 bridgehead atoms. The van der Waals surface area contributed by atoms with Gasteiger partial charge in [-0.15, -0.1) is 0 Å². The lowest BCUT2D eigenvalue weighted by atomic mass is 9.94. The van der Waals surface area contributed by atoms with Gasteiger partial charge in [0.2, 0.25) is 0 Å². The molecule has 0 spiro atoms. The Balaban J connectivity index is 1.99. The number of likely N-dealkylation sites (tertiary alicyclic amines) is 1. The first-order chi connectivity index (χ1) is 8.56. The SMILES string of the molecule is CC1CCN(C(=O)Nc2cccc(N)c2)C(C)C1. The first-order valence-electron chi connectivity index (χ1n) is 6.49. The smallest absolute Gasteiger partial charge is 0.322 e. The van der Waals surface area contributed by atoms with Crippen LogP contribution in [-0.4, -0.2) is 23.5 Å². The molecule has 1 saturated heterocycles. The summed E-state index contributed by atoms with van der Waals surface area (Å²) in [4.78, 5) is 14.1. The van der Waals surface area contributed by atoms with Crippen LogP contribution in [0.2, 0.25) is 0 Å². The van der Waals surface area contributed by atoms with Crippen molar-refractivity contribution >= 4 is 17.4 Å². The third-order valence-corrected chi connectivity index (χ3v) is 3.54. The van der Waals surface area contributed by atoms with Crippen LogP contribution in [0, 0.1) is 5.92 Å². The van der Waals surface area contributed by atoms with Crippen LogP contribution in [0.15, 0.2) is 24.3 Å². The number of hydrogen-bond acceptors (Lipinski definition) is 2. The second-order valence-electron chi connectivity index (χ2n) is 5.23. The van der Waals surface area contributed by atoms with Gasteiger partial charge in [0.05, 0.1) is 0 Å². The van der Waals surface area contributed by atoms with Gasteiger partial charge in [-0.1, -0.05) is 13.0 Å². The van der Waals surface area contributed by atoms with Gasteiger partial charge in [0.15, 0.2) is 0 Å². The minimum absolute atomic E-state index is 0.0278. The minimum atomic E-state index is -0.0278. The van der Waals surface area contributed by atoms with E-state index in [0.29, 0.717) is 17.6 Å². The maximum atomic E-state index is 12.2. The van der Waals surface area contributed by atoms with E-state index in [1.807, 2.05) is 17.0 Å². The first-order valence-corrected chi connectivity index (χ1v) is 6.49. The van der Waals surface area contributed by atoms with E-state index in [0.717, 1.165) is 25.1 Å². The van der Waals surface area contributed by atoms with Crippen LogP contribution >= 0.6 is 0 Å². The molecule has 4 heteroatoms. The summed E-state index contributed by atoms with van der Waals surface area (Å²) in [6, 6.07) is 7.54. The van der Waals surface area contributed by atoms with Crippen LogP contribution in [-0.2, 0) is 0 Å². The lowest BCUT2D eigenvalue weighted by Crippen LogP contribution is -2.46. The Kier molecular flexibility index (Phi) is 3.75. The molecule has 2 rings (SSSR count). The fraction of sp³-hybridized carbons (Fsp3) is 0.500. The maximum absolute atomic E-state index is 12.2. The lowest BCUT2D eigenvalue weighted by Gasteiger charge is -2.36. The molecule has 1 fully saturated rings. The number of benzene rings is 1. The summed E-state index contributed by atoms with van der Waals surface area (Å²) in [6.45, 7) is 5.18. The molecule has 1 aliphatic heterocycles. The van der Waals surface area contributed by atoms with E-state index in [1.54, 1.807) is 12.1 Å². The van der Waals surface area contributed by atoms with Gasteiger partial charge in [0.25, 0.3) is 0 Å². The van der Waals surface area contributed by atoms with Crippen LogP contribution in [0.5, 0.6) is 0 Å². The first kappa shape index (κ1) is 12.7. The summed E-state index contributed by atoms with van der Waals surface area (Å²) in [5.41, 5.74) is 7.11. The number of nitrogens with zero attached hydrogens (tertiary/aromatic N) is 1. The predicted molar refractivity (Wildman–Crippen MR) is 74.4 cm³/mol. The number of nitrogen functional groups attached to an aromatic ring is 1. The van der Waals surface area contributed by atoms with Crippen LogP contribution < -0.4 is 11.1 Å². The quantitative estimate of drug-likeness (QED) is 0.750. The molecule has 2 unspecified atom stereocenters. The number of carbonyl (C=O) groups is 1. The number of urea groups is 1. The van der Waals surface area contributed by atoms with Crippen molar-refractivity contribution in [2.24, 2.45) is 5.92 Å². The van der Waals surface area contributed by atoms with Crippen molar-refractivity contribution in [2.45, 2.75) is 32.7 Å². The summed E-state index contributed by atoms with van der Waals surface area (Å²) in [6.07, 6.45) is 2.15. The summed E-state index contributed by atoms with van der Waals surface area (Å²) in [5, 5.41) is 2.90. The Hall–Kier alpha value is -1.71. The van der Waals surface area contributed by atoms with E-state index in [4.69, 9.17) is 5.73 Å². The van der Waals surface area contributed by atoms with Crippen molar-refractivity contribution in [1.29, 1.82) is 0 Å². The highest BCUT2D eigenvalue weighted by atomic mass is 16.2. The molecule has 1 aromatic carbocycles. The number of nitrogens with one attached hydrogen (secondary N) is 1. The molecule has 0 saturated carbocycles. The van der Waals surface area contributed by atoms with Gasteiger partial charge in [-0.25, -0.2) is 4.79 Å². The third kappa shape index (κ3) is 2.94. The van der Waals surface area contributed by atoms with E-state index < -0.39 is 0 Å². The topological polar surface area (TPSA) is 58.4 Å². The van der Waals surface area contributed by atoms with Crippen LogP contribution in [0.1, 0.15) is 26.7 Å². The van der Waals surface area contributed by atoms with E-state index in [9.17, 15) is 4.79 Å². The standard InChI is InChI=1S/C14H21N3O/c1-10-6-7-17(11(2)8-10)14(18)16-13-5-3-4-12(15)9-13/h3-5,9-11H,6-8,15H2,1-2H3,(H,16,18). The van der Waals surface area contributed by atoms with Crippen molar-refractivity contribution in [3.8, 4) is 0 Å². The van der Waals surface area contributed by atoms with Gasteiger partial charge in [-0.05, 0) is 43.9 Å². The highest BCUT2D eigenvalue weighted by Gasteiger charge is 2.26. The second kappa shape index (κ2) is 5.29. The molecule has 0 radical (unpaired) electrons. The number of nitrogens with two attached hydrogens (primary N) is 1. The molecular formula is C14H21N3O. The van der Waals surface area contributed by atoms with Gasteiger partial charge in [-0.2, -0.15) is 0 Å². The molecule has 2 atom stereocenters. The van der Waals surface area contributed by atoms with Gasteiger partial charge >= 0.3 is 6.03 Å². The number of rotatable bonds is 1. The average molecular weight is 247 g/mol. The normalized spacial score (nSPS) is 23.8. The number of carbonyl (C=O) groups excluding carboxylic acids is 1. The number of anilines is 2. The zero-order valence-corrected chi connectivity index (χ0v) is 11.0. The Labute approximate surface area is 108 Å². The molecule has 0 aromatic heterocycles. The molecule has 0 aliphatic carbocycles. The molecule has 1 aromatic rings. The van der Waals surface area contributed by atoms with E-state index >= 15 is 0 Å².